The fraction of sp³-hybridized carbons (Fsp3) is 0.524. The second kappa shape index (κ2) is 7.04. The van der Waals surface area contributed by atoms with Crippen LogP contribution in [0.4, 0.5) is 4.79 Å². The number of nitrogens with one attached hydrogen (secondary N) is 1. The Bertz CT molecular complexity index is 817. The van der Waals surface area contributed by atoms with E-state index >= 15 is 0 Å². The van der Waals surface area contributed by atoms with E-state index in [9.17, 15) is 19.2 Å². The molecule has 1 saturated heterocycles. The van der Waals surface area contributed by atoms with Crippen molar-refractivity contribution in [1.29, 1.82) is 0 Å². The molecule has 7 nitrogen and oxygen atoms in total. The normalized spacial score (nSPS) is 27.0. The van der Waals surface area contributed by atoms with E-state index in [0.717, 1.165) is 19.3 Å². The van der Waals surface area contributed by atoms with Crippen LogP contribution in [0.1, 0.15) is 66.2 Å². The largest absolute Gasteiger partial charge is 0.325 e. The number of imide groups is 2. The SMILES string of the molecule is C[C@@H]1CCCC[C@]12NC(=O)N(CCCCN1C(=O)c3ccccc3C1=O)C2=O. The lowest BCUT2D eigenvalue weighted by atomic mass is 9.73. The van der Waals surface area contributed by atoms with Crippen molar-refractivity contribution in [2.75, 3.05) is 13.1 Å². The van der Waals surface area contributed by atoms with Crippen molar-refractivity contribution in [3.05, 3.63) is 35.4 Å². The maximum Gasteiger partial charge on any atom is 0.325 e. The predicted molar refractivity (Wildman–Crippen MR) is 102 cm³/mol. The Morgan fingerprint density at radius 2 is 1.57 bits per heavy atom. The second-order valence-electron chi connectivity index (χ2n) is 8.02. The van der Waals surface area contributed by atoms with Gasteiger partial charge in [0.1, 0.15) is 5.54 Å². The number of hydrogen-bond acceptors (Lipinski definition) is 4. The van der Waals surface area contributed by atoms with Gasteiger partial charge in [-0.1, -0.05) is 31.9 Å². The molecular weight excluding hydrogens is 358 g/mol. The summed E-state index contributed by atoms with van der Waals surface area (Å²) in [6.45, 7) is 2.63. The summed E-state index contributed by atoms with van der Waals surface area (Å²) < 4.78 is 0. The summed E-state index contributed by atoms with van der Waals surface area (Å²) in [5.74, 6) is -0.525. The van der Waals surface area contributed by atoms with Gasteiger partial charge in [-0.2, -0.15) is 0 Å². The summed E-state index contributed by atoms with van der Waals surface area (Å²) in [5, 5.41) is 2.95. The van der Waals surface area contributed by atoms with Crippen LogP contribution in [0.3, 0.4) is 0 Å². The Morgan fingerprint density at radius 1 is 0.964 bits per heavy atom. The number of benzene rings is 1. The smallest absolute Gasteiger partial charge is 0.323 e. The topological polar surface area (TPSA) is 86.8 Å². The molecule has 4 rings (SSSR count). The minimum Gasteiger partial charge on any atom is -0.323 e. The summed E-state index contributed by atoms with van der Waals surface area (Å²) in [6.07, 6.45) is 4.78. The lowest BCUT2D eigenvalue weighted by Crippen LogP contribution is -2.53. The zero-order chi connectivity index (χ0) is 19.9. The molecule has 2 atom stereocenters. The van der Waals surface area contributed by atoms with Crippen LogP contribution in [-0.4, -0.2) is 52.2 Å². The summed E-state index contributed by atoms with van der Waals surface area (Å²) in [4.78, 5) is 52.6. The third kappa shape index (κ3) is 2.80. The monoisotopic (exact) mass is 383 g/mol. The van der Waals surface area contributed by atoms with Gasteiger partial charge in [0.15, 0.2) is 0 Å². The van der Waals surface area contributed by atoms with Crippen molar-refractivity contribution in [3.8, 4) is 0 Å². The van der Waals surface area contributed by atoms with Gasteiger partial charge >= 0.3 is 6.03 Å². The van der Waals surface area contributed by atoms with Crippen LogP contribution in [0, 0.1) is 5.92 Å². The van der Waals surface area contributed by atoms with Crippen molar-refractivity contribution in [2.24, 2.45) is 5.92 Å². The maximum absolute atomic E-state index is 12.9. The number of nitrogens with zero attached hydrogens (tertiary/aromatic N) is 2. The first-order valence-corrected chi connectivity index (χ1v) is 10.0. The minimum atomic E-state index is -0.738. The molecule has 2 fully saturated rings. The molecule has 28 heavy (non-hydrogen) atoms. The molecule has 0 bridgehead atoms. The molecule has 0 aromatic heterocycles. The molecule has 3 aliphatic rings. The Morgan fingerprint density at radius 3 is 2.18 bits per heavy atom. The summed E-state index contributed by atoms with van der Waals surface area (Å²) in [7, 11) is 0. The predicted octanol–water partition coefficient (Wildman–Crippen LogP) is 2.56. The van der Waals surface area contributed by atoms with Gasteiger partial charge in [0, 0.05) is 13.1 Å². The number of urea groups is 1. The Kier molecular flexibility index (Phi) is 4.69. The van der Waals surface area contributed by atoms with Crippen LogP contribution in [0.5, 0.6) is 0 Å². The Hall–Kier alpha value is -2.70. The van der Waals surface area contributed by atoms with Gasteiger partial charge in [-0.15, -0.1) is 0 Å². The van der Waals surface area contributed by atoms with E-state index in [1.54, 1.807) is 24.3 Å². The molecular formula is C21H25N3O4. The van der Waals surface area contributed by atoms with Crippen molar-refractivity contribution in [3.63, 3.8) is 0 Å². The van der Waals surface area contributed by atoms with Crippen LogP contribution in [0.15, 0.2) is 24.3 Å². The molecule has 0 unspecified atom stereocenters. The van der Waals surface area contributed by atoms with E-state index in [1.807, 2.05) is 6.92 Å². The fourth-order valence-corrected chi connectivity index (χ4v) is 4.68. The molecule has 1 aromatic rings. The highest BCUT2D eigenvalue weighted by Gasteiger charge is 2.54. The first kappa shape index (κ1) is 18.7. The van der Waals surface area contributed by atoms with Crippen molar-refractivity contribution in [2.45, 2.75) is 51.0 Å². The zero-order valence-corrected chi connectivity index (χ0v) is 16.1. The van der Waals surface area contributed by atoms with Gasteiger partial charge in [0.05, 0.1) is 11.1 Å². The lowest BCUT2D eigenvalue weighted by molar-refractivity contribution is -0.134. The van der Waals surface area contributed by atoms with Crippen LogP contribution >= 0.6 is 0 Å². The van der Waals surface area contributed by atoms with Gasteiger partial charge in [-0.25, -0.2) is 4.79 Å². The maximum atomic E-state index is 12.9. The molecule has 1 aromatic carbocycles. The number of amides is 5. The number of unbranched alkanes of at least 4 members (excludes halogenated alkanes) is 1. The average molecular weight is 383 g/mol. The Balaban J connectivity index is 1.33. The van der Waals surface area contributed by atoms with Crippen LogP contribution in [0.25, 0.3) is 0 Å². The van der Waals surface area contributed by atoms with E-state index in [1.165, 1.54) is 9.80 Å². The number of rotatable bonds is 5. The first-order valence-electron chi connectivity index (χ1n) is 10.0. The van der Waals surface area contributed by atoms with Gasteiger partial charge in [0.2, 0.25) is 0 Å². The summed E-state index contributed by atoms with van der Waals surface area (Å²) in [5.41, 5.74) is 0.141. The summed E-state index contributed by atoms with van der Waals surface area (Å²) in [6, 6.07) is 6.49. The van der Waals surface area contributed by atoms with Crippen molar-refractivity contribution in [1.82, 2.24) is 15.1 Å². The second-order valence-corrected chi connectivity index (χ2v) is 8.02. The lowest BCUT2D eigenvalue weighted by Gasteiger charge is -2.36. The molecule has 7 heteroatoms. The first-order chi connectivity index (χ1) is 13.5. The molecule has 5 amide bonds. The highest BCUT2D eigenvalue weighted by Crippen LogP contribution is 2.38. The molecule has 1 saturated carbocycles. The Labute approximate surface area is 164 Å². The molecule has 148 valence electrons. The standard InChI is InChI=1S/C21H25N3O4/c1-14-8-4-5-11-21(14)19(27)24(20(28)22-21)13-7-6-12-23-17(25)15-9-2-3-10-16(15)18(23)26/h2-3,9-10,14H,4-8,11-13H2,1H3,(H,22,28)/t14-,21+/m1/s1. The molecule has 1 N–H and O–H groups in total. The minimum absolute atomic E-state index is 0.120. The van der Waals surface area contributed by atoms with Gasteiger partial charge in [-0.3, -0.25) is 24.2 Å². The molecule has 2 aliphatic heterocycles. The number of fused-ring (bicyclic) bond motifs is 1. The van der Waals surface area contributed by atoms with E-state index in [-0.39, 0.29) is 36.2 Å². The van der Waals surface area contributed by atoms with E-state index in [0.29, 0.717) is 36.9 Å². The molecule has 1 spiro atoms. The fourth-order valence-electron chi connectivity index (χ4n) is 4.68. The third-order valence-corrected chi connectivity index (χ3v) is 6.39. The molecule has 0 radical (unpaired) electrons. The van der Waals surface area contributed by atoms with Crippen LogP contribution in [0.2, 0.25) is 0 Å². The zero-order valence-electron chi connectivity index (χ0n) is 16.1. The summed E-state index contributed by atoms with van der Waals surface area (Å²) >= 11 is 0. The molecule has 2 heterocycles. The third-order valence-electron chi connectivity index (χ3n) is 6.39. The van der Waals surface area contributed by atoms with Gasteiger partial charge in [-0.05, 0) is 43.7 Å². The highest BCUT2D eigenvalue weighted by atomic mass is 16.2. The average Bonchev–Trinajstić information content (AvgIpc) is 3.08. The van der Waals surface area contributed by atoms with Crippen molar-refractivity contribution < 1.29 is 19.2 Å². The number of hydrogen-bond donors (Lipinski definition) is 1. The molecule has 1 aliphatic carbocycles. The van der Waals surface area contributed by atoms with Gasteiger partial charge in [0.25, 0.3) is 17.7 Å². The highest BCUT2D eigenvalue weighted by molar-refractivity contribution is 6.21. The van der Waals surface area contributed by atoms with Crippen molar-refractivity contribution >= 4 is 23.8 Å². The van der Waals surface area contributed by atoms with Crippen LogP contribution in [-0.2, 0) is 4.79 Å². The van der Waals surface area contributed by atoms with E-state index in [4.69, 9.17) is 0 Å². The number of carbonyl (C=O) groups excluding carboxylic acids is 4. The van der Waals surface area contributed by atoms with E-state index in [2.05, 4.69) is 5.32 Å². The number of carbonyl (C=O) groups is 4. The van der Waals surface area contributed by atoms with Gasteiger partial charge < -0.3 is 5.32 Å². The van der Waals surface area contributed by atoms with Crippen LogP contribution < -0.4 is 5.32 Å². The quantitative estimate of drug-likeness (QED) is 0.481. The van der Waals surface area contributed by atoms with E-state index < -0.39 is 5.54 Å².